The summed E-state index contributed by atoms with van der Waals surface area (Å²) >= 11 is 1.40. The summed E-state index contributed by atoms with van der Waals surface area (Å²) < 4.78 is 25.7. The van der Waals surface area contributed by atoms with Crippen molar-refractivity contribution in [3.63, 3.8) is 0 Å². The molecule has 2 rings (SSSR count). The van der Waals surface area contributed by atoms with Crippen molar-refractivity contribution in [3.05, 3.63) is 57.3 Å². The van der Waals surface area contributed by atoms with E-state index in [2.05, 4.69) is 0 Å². The van der Waals surface area contributed by atoms with Gasteiger partial charge in [-0.2, -0.15) is 0 Å². The second kappa shape index (κ2) is 4.31. The molecule has 1 unspecified atom stereocenters. The number of aliphatic hydroxyl groups excluding tert-OH is 1. The predicted molar refractivity (Wildman–Crippen MR) is 59.5 cm³/mol. The van der Waals surface area contributed by atoms with Crippen LogP contribution in [0, 0.1) is 18.6 Å². The van der Waals surface area contributed by atoms with Crippen LogP contribution in [-0.4, -0.2) is 5.11 Å². The van der Waals surface area contributed by atoms with Crippen molar-refractivity contribution in [2.24, 2.45) is 0 Å². The van der Waals surface area contributed by atoms with E-state index in [4.69, 9.17) is 0 Å². The van der Waals surface area contributed by atoms with E-state index in [1.54, 1.807) is 0 Å². The number of thiophene rings is 1. The van der Waals surface area contributed by atoms with Gasteiger partial charge in [-0.15, -0.1) is 11.3 Å². The van der Waals surface area contributed by atoms with Crippen molar-refractivity contribution in [1.82, 2.24) is 0 Å². The molecular formula is C12H10F2OS. The molecule has 0 spiro atoms. The Bertz CT molecular complexity index is 507. The molecular weight excluding hydrogens is 230 g/mol. The van der Waals surface area contributed by atoms with Gasteiger partial charge in [-0.3, -0.25) is 0 Å². The highest BCUT2D eigenvalue weighted by molar-refractivity contribution is 7.10. The number of aryl methyl sites for hydroxylation is 1. The number of halogens is 2. The molecule has 0 fully saturated rings. The van der Waals surface area contributed by atoms with E-state index in [9.17, 15) is 13.9 Å². The molecule has 16 heavy (non-hydrogen) atoms. The standard InChI is InChI=1S/C12H10F2OS/c1-7-4-5-16-12(7)11(15)8-2-3-9(13)10(14)6-8/h2-6,11,15H,1H3. The molecule has 1 heterocycles. The average Bonchev–Trinajstić information content (AvgIpc) is 2.67. The Morgan fingerprint density at radius 3 is 2.50 bits per heavy atom. The summed E-state index contributed by atoms with van der Waals surface area (Å²) in [6.45, 7) is 1.87. The summed E-state index contributed by atoms with van der Waals surface area (Å²) in [5.74, 6) is -1.84. The summed E-state index contributed by atoms with van der Waals surface area (Å²) in [6.07, 6.45) is -0.893. The van der Waals surface area contributed by atoms with E-state index in [1.807, 2.05) is 18.4 Å². The third kappa shape index (κ3) is 1.99. The molecule has 1 N–H and O–H groups in total. The molecule has 84 valence electrons. The molecule has 0 saturated heterocycles. The molecule has 0 aliphatic heterocycles. The van der Waals surface area contributed by atoms with Gasteiger partial charge in [0, 0.05) is 4.88 Å². The molecule has 0 saturated carbocycles. The summed E-state index contributed by atoms with van der Waals surface area (Å²) in [5, 5.41) is 11.9. The second-order valence-corrected chi connectivity index (χ2v) is 4.49. The maximum absolute atomic E-state index is 13.0. The van der Waals surface area contributed by atoms with Crippen molar-refractivity contribution in [2.75, 3.05) is 0 Å². The Kier molecular flexibility index (Phi) is 3.03. The first-order chi connectivity index (χ1) is 7.59. The SMILES string of the molecule is Cc1ccsc1C(O)c1ccc(F)c(F)c1. The molecule has 4 heteroatoms. The zero-order valence-electron chi connectivity index (χ0n) is 8.58. The lowest BCUT2D eigenvalue weighted by Gasteiger charge is -2.10. The van der Waals surface area contributed by atoms with Gasteiger partial charge >= 0.3 is 0 Å². The third-order valence-corrected chi connectivity index (χ3v) is 3.48. The van der Waals surface area contributed by atoms with Crippen molar-refractivity contribution >= 4 is 11.3 Å². The van der Waals surface area contributed by atoms with Crippen molar-refractivity contribution in [2.45, 2.75) is 13.0 Å². The van der Waals surface area contributed by atoms with Crippen LogP contribution >= 0.6 is 11.3 Å². The maximum Gasteiger partial charge on any atom is 0.159 e. The molecule has 1 aromatic carbocycles. The Labute approximate surface area is 96.0 Å². The third-order valence-electron chi connectivity index (χ3n) is 2.41. The first-order valence-electron chi connectivity index (χ1n) is 4.76. The lowest BCUT2D eigenvalue weighted by Crippen LogP contribution is -2.00. The minimum Gasteiger partial charge on any atom is -0.383 e. The van der Waals surface area contributed by atoms with Crippen LogP contribution in [0.3, 0.4) is 0 Å². The summed E-state index contributed by atoms with van der Waals surface area (Å²) in [4.78, 5) is 0.756. The minimum atomic E-state index is -0.939. The van der Waals surface area contributed by atoms with Gasteiger partial charge in [-0.1, -0.05) is 6.07 Å². The van der Waals surface area contributed by atoms with Gasteiger partial charge in [-0.25, -0.2) is 8.78 Å². The number of hydrogen-bond donors (Lipinski definition) is 1. The topological polar surface area (TPSA) is 20.2 Å². The number of benzene rings is 1. The smallest absolute Gasteiger partial charge is 0.159 e. The average molecular weight is 240 g/mol. The molecule has 0 aliphatic rings. The van der Waals surface area contributed by atoms with Crippen LogP contribution in [0.15, 0.2) is 29.6 Å². The van der Waals surface area contributed by atoms with Gasteiger partial charge in [0.1, 0.15) is 6.10 Å². The molecule has 1 atom stereocenters. The second-order valence-electron chi connectivity index (χ2n) is 3.54. The van der Waals surface area contributed by atoms with Crippen LogP contribution in [0.4, 0.5) is 8.78 Å². The minimum absolute atomic E-state index is 0.365. The summed E-state index contributed by atoms with van der Waals surface area (Å²) in [6, 6.07) is 5.32. The highest BCUT2D eigenvalue weighted by Crippen LogP contribution is 2.29. The monoisotopic (exact) mass is 240 g/mol. The van der Waals surface area contributed by atoms with Crippen molar-refractivity contribution < 1.29 is 13.9 Å². The van der Waals surface area contributed by atoms with Crippen molar-refractivity contribution in [1.29, 1.82) is 0 Å². The quantitative estimate of drug-likeness (QED) is 0.852. The molecule has 0 aliphatic carbocycles. The fraction of sp³-hybridized carbons (Fsp3) is 0.167. The zero-order chi connectivity index (χ0) is 11.7. The maximum atomic E-state index is 13.0. The fourth-order valence-electron chi connectivity index (χ4n) is 1.50. The molecule has 0 bridgehead atoms. The van der Waals surface area contributed by atoms with E-state index in [-0.39, 0.29) is 0 Å². The van der Waals surface area contributed by atoms with Gasteiger partial charge in [0.2, 0.25) is 0 Å². The van der Waals surface area contributed by atoms with E-state index in [0.717, 1.165) is 22.6 Å². The molecule has 1 aromatic heterocycles. The van der Waals surface area contributed by atoms with E-state index >= 15 is 0 Å². The normalized spacial score (nSPS) is 12.8. The Balaban J connectivity index is 2.38. The molecule has 0 amide bonds. The van der Waals surface area contributed by atoms with Crippen LogP contribution in [-0.2, 0) is 0 Å². The Hall–Kier alpha value is -1.26. The van der Waals surface area contributed by atoms with Crippen LogP contribution < -0.4 is 0 Å². The number of hydrogen-bond acceptors (Lipinski definition) is 2. The van der Waals surface area contributed by atoms with E-state index < -0.39 is 17.7 Å². The Morgan fingerprint density at radius 1 is 1.19 bits per heavy atom. The number of rotatable bonds is 2. The Morgan fingerprint density at radius 2 is 1.94 bits per heavy atom. The predicted octanol–water partition coefficient (Wildman–Crippen LogP) is 3.42. The van der Waals surface area contributed by atoms with Gasteiger partial charge in [0.15, 0.2) is 11.6 Å². The van der Waals surface area contributed by atoms with E-state index in [0.29, 0.717) is 5.56 Å². The van der Waals surface area contributed by atoms with Gasteiger partial charge < -0.3 is 5.11 Å². The van der Waals surface area contributed by atoms with Crippen LogP contribution in [0.1, 0.15) is 22.1 Å². The summed E-state index contributed by atoms with van der Waals surface area (Å²) in [5.41, 5.74) is 1.31. The van der Waals surface area contributed by atoms with Crippen molar-refractivity contribution in [3.8, 4) is 0 Å². The van der Waals surface area contributed by atoms with E-state index in [1.165, 1.54) is 17.4 Å². The fourth-order valence-corrected chi connectivity index (χ4v) is 2.44. The molecule has 2 aromatic rings. The van der Waals surface area contributed by atoms with Gasteiger partial charge in [0.25, 0.3) is 0 Å². The zero-order valence-corrected chi connectivity index (χ0v) is 9.39. The molecule has 0 radical (unpaired) electrons. The lowest BCUT2D eigenvalue weighted by molar-refractivity contribution is 0.222. The number of aliphatic hydroxyl groups is 1. The molecule has 1 nitrogen and oxygen atoms in total. The van der Waals surface area contributed by atoms with Gasteiger partial charge in [-0.05, 0) is 41.6 Å². The lowest BCUT2D eigenvalue weighted by atomic mass is 10.1. The van der Waals surface area contributed by atoms with Crippen LogP contribution in [0.25, 0.3) is 0 Å². The first-order valence-corrected chi connectivity index (χ1v) is 5.64. The first kappa shape index (κ1) is 11.2. The van der Waals surface area contributed by atoms with Crippen LogP contribution in [0.2, 0.25) is 0 Å². The van der Waals surface area contributed by atoms with Gasteiger partial charge in [0.05, 0.1) is 0 Å². The largest absolute Gasteiger partial charge is 0.383 e. The highest BCUT2D eigenvalue weighted by Gasteiger charge is 2.15. The summed E-state index contributed by atoms with van der Waals surface area (Å²) in [7, 11) is 0. The highest BCUT2D eigenvalue weighted by atomic mass is 32.1. The van der Waals surface area contributed by atoms with Crippen LogP contribution in [0.5, 0.6) is 0 Å².